The minimum atomic E-state index is -0.424. The van der Waals surface area contributed by atoms with Crippen LogP contribution in [0.3, 0.4) is 0 Å². The zero-order valence-corrected chi connectivity index (χ0v) is 17.4. The Morgan fingerprint density at radius 2 is 1.68 bits per heavy atom. The lowest BCUT2D eigenvalue weighted by molar-refractivity contribution is 0.208. The van der Waals surface area contributed by atoms with Crippen molar-refractivity contribution in [3.05, 3.63) is 99.7 Å². The highest BCUT2D eigenvalue weighted by atomic mass is 19.1. The third-order valence-electron chi connectivity index (χ3n) is 5.71. The van der Waals surface area contributed by atoms with Gasteiger partial charge in [0.05, 0.1) is 5.92 Å². The Kier molecular flexibility index (Phi) is 5.62. The maximum absolute atomic E-state index is 13.6. The molecule has 0 spiro atoms. The van der Waals surface area contributed by atoms with Crippen LogP contribution in [-0.2, 0) is 4.74 Å². The molecular weight excluding hydrogens is 396 g/mol. The lowest BCUT2D eigenvalue weighted by Gasteiger charge is -2.39. The van der Waals surface area contributed by atoms with Crippen LogP contribution in [0.4, 0.5) is 8.78 Å². The molecule has 0 aromatic heterocycles. The molecule has 6 heteroatoms. The normalized spacial score (nSPS) is 20.6. The third kappa shape index (κ3) is 4.10. The molecule has 2 aliphatic rings. The molecule has 0 saturated heterocycles. The second kappa shape index (κ2) is 8.37. The van der Waals surface area contributed by atoms with Crippen molar-refractivity contribution in [1.82, 2.24) is 4.90 Å². The van der Waals surface area contributed by atoms with Gasteiger partial charge in [-0.15, -0.1) is 0 Å². The molecular formula is C25H23F2N3O. The van der Waals surface area contributed by atoms with Gasteiger partial charge >= 0.3 is 0 Å². The molecule has 31 heavy (non-hydrogen) atoms. The zero-order chi connectivity index (χ0) is 22.1. The summed E-state index contributed by atoms with van der Waals surface area (Å²) in [5, 5.41) is 9.81. The first-order valence-electron chi connectivity index (χ1n) is 10.1. The van der Waals surface area contributed by atoms with Crippen LogP contribution in [0, 0.1) is 23.0 Å². The molecule has 2 aromatic rings. The fourth-order valence-electron chi connectivity index (χ4n) is 4.06. The smallest absolute Gasteiger partial charge is 0.205 e. The van der Waals surface area contributed by atoms with E-state index >= 15 is 0 Å². The van der Waals surface area contributed by atoms with Crippen molar-refractivity contribution in [2.45, 2.75) is 25.8 Å². The lowest BCUT2D eigenvalue weighted by Crippen LogP contribution is -2.41. The number of ether oxygens (including phenoxy) is 1. The van der Waals surface area contributed by atoms with Crippen LogP contribution >= 0.6 is 0 Å². The van der Waals surface area contributed by atoms with Crippen molar-refractivity contribution in [2.24, 2.45) is 5.73 Å². The van der Waals surface area contributed by atoms with Gasteiger partial charge < -0.3 is 10.5 Å². The fraction of sp³-hybridized carbons (Fsp3) is 0.240. The first kappa shape index (κ1) is 20.8. The highest BCUT2D eigenvalue weighted by molar-refractivity contribution is 5.63. The molecule has 0 fully saturated rings. The van der Waals surface area contributed by atoms with Crippen molar-refractivity contribution in [3.8, 4) is 6.07 Å². The molecule has 2 aliphatic heterocycles. The van der Waals surface area contributed by atoms with Crippen LogP contribution in [0.25, 0.3) is 6.08 Å². The van der Waals surface area contributed by atoms with E-state index in [1.54, 1.807) is 24.3 Å². The van der Waals surface area contributed by atoms with Crippen LogP contribution in [0.1, 0.15) is 30.9 Å². The average molecular weight is 419 g/mol. The molecule has 0 radical (unpaired) electrons. The molecule has 0 amide bonds. The number of nitrogens with zero attached hydrogens (tertiary/aromatic N) is 2. The van der Waals surface area contributed by atoms with E-state index in [4.69, 9.17) is 10.5 Å². The quantitative estimate of drug-likeness (QED) is 0.774. The summed E-state index contributed by atoms with van der Waals surface area (Å²) in [6, 6.07) is 14.8. The summed E-state index contributed by atoms with van der Waals surface area (Å²) in [4.78, 5) is 2.27. The predicted molar refractivity (Wildman–Crippen MR) is 115 cm³/mol. The van der Waals surface area contributed by atoms with Crippen LogP contribution in [0.15, 0.2) is 76.9 Å². The molecule has 0 aliphatic carbocycles. The second-order valence-corrected chi connectivity index (χ2v) is 8.05. The van der Waals surface area contributed by atoms with E-state index in [-0.39, 0.29) is 23.6 Å². The van der Waals surface area contributed by atoms with Crippen LogP contribution < -0.4 is 5.73 Å². The Bertz CT molecular complexity index is 1120. The van der Waals surface area contributed by atoms with Crippen molar-refractivity contribution < 1.29 is 13.5 Å². The van der Waals surface area contributed by atoms with Gasteiger partial charge in [-0.1, -0.05) is 24.3 Å². The van der Waals surface area contributed by atoms with E-state index in [9.17, 15) is 14.0 Å². The first-order valence-corrected chi connectivity index (χ1v) is 10.1. The third-order valence-corrected chi connectivity index (χ3v) is 5.71. The van der Waals surface area contributed by atoms with Gasteiger partial charge in [-0.2, -0.15) is 5.26 Å². The highest BCUT2D eigenvalue weighted by Gasteiger charge is 2.38. The maximum atomic E-state index is 13.6. The summed E-state index contributed by atoms with van der Waals surface area (Å²) in [6.45, 7) is 5.42. The number of hydrogen-bond donors (Lipinski definition) is 1. The van der Waals surface area contributed by atoms with Crippen molar-refractivity contribution in [1.29, 1.82) is 5.26 Å². The number of hydrogen-bond acceptors (Lipinski definition) is 4. The van der Waals surface area contributed by atoms with E-state index in [0.717, 1.165) is 22.3 Å². The molecule has 2 aromatic carbocycles. The highest BCUT2D eigenvalue weighted by Crippen LogP contribution is 2.44. The number of benzene rings is 2. The van der Waals surface area contributed by atoms with Crippen LogP contribution in [0.2, 0.25) is 0 Å². The van der Waals surface area contributed by atoms with E-state index < -0.39 is 5.92 Å². The molecule has 2 N–H and O–H groups in total. The Balaban J connectivity index is 1.88. The second-order valence-electron chi connectivity index (χ2n) is 8.05. The summed E-state index contributed by atoms with van der Waals surface area (Å²) in [6.07, 6.45) is 1.95. The van der Waals surface area contributed by atoms with Gasteiger partial charge in [0.1, 0.15) is 29.0 Å². The van der Waals surface area contributed by atoms with Gasteiger partial charge in [0, 0.05) is 24.7 Å². The average Bonchev–Trinajstić information content (AvgIpc) is 2.75. The van der Waals surface area contributed by atoms with Gasteiger partial charge in [-0.3, -0.25) is 4.90 Å². The van der Waals surface area contributed by atoms with E-state index in [1.807, 2.05) is 6.08 Å². The molecule has 1 unspecified atom stereocenters. The van der Waals surface area contributed by atoms with Crippen molar-refractivity contribution in [2.75, 3.05) is 13.1 Å². The molecule has 2 heterocycles. The number of allylic oxidation sites excluding steroid dienone is 1. The predicted octanol–water partition coefficient (Wildman–Crippen LogP) is 4.83. The summed E-state index contributed by atoms with van der Waals surface area (Å²) in [7, 11) is 0. The first-order chi connectivity index (χ1) is 14.9. The Labute approximate surface area is 180 Å². The molecule has 0 bridgehead atoms. The van der Waals surface area contributed by atoms with E-state index in [1.165, 1.54) is 24.3 Å². The summed E-state index contributed by atoms with van der Waals surface area (Å²) in [5.41, 5.74) is 9.90. The largest absolute Gasteiger partial charge is 0.440 e. The standard InChI is InChI=1S/C25H23F2N3O/c1-15(2)30-13-18(11-16-3-7-19(26)8-4-16)24-22(14-30)23(21(12-28)25(29)31-24)17-5-9-20(27)10-6-17/h3-11,15,23H,13-14,29H2,1-2H3/b18-11+. The summed E-state index contributed by atoms with van der Waals surface area (Å²) in [5.74, 6) is -0.381. The molecule has 1 atom stereocenters. The van der Waals surface area contributed by atoms with Gasteiger partial charge in [0.15, 0.2) is 0 Å². The van der Waals surface area contributed by atoms with Gasteiger partial charge in [-0.25, -0.2) is 8.78 Å². The molecule has 0 saturated carbocycles. The van der Waals surface area contributed by atoms with Gasteiger partial charge in [0.25, 0.3) is 0 Å². The molecule has 4 rings (SSSR count). The Morgan fingerprint density at radius 3 is 2.26 bits per heavy atom. The lowest BCUT2D eigenvalue weighted by atomic mass is 9.80. The maximum Gasteiger partial charge on any atom is 0.205 e. The Hall–Kier alpha value is -3.43. The fourth-order valence-corrected chi connectivity index (χ4v) is 4.06. The molecule has 158 valence electrons. The monoisotopic (exact) mass is 419 g/mol. The number of halogens is 2. The SMILES string of the molecule is CC(C)N1CC2=C(OC(N)=C(C#N)C2c2ccc(F)cc2)/C(=C/c2ccc(F)cc2)C1. The van der Waals surface area contributed by atoms with Gasteiger partial charge in [0.2, 0.25) is 5.88 Å². The number of rotatable bonds is 3. The Morgan fingerprint density at radius 1 is 1.06 bits per heavy atom. The summed E-state index contributed by atoms with van der Waals surface area (Å²) >= 11 is 0. The minimum Gasteiger partial charge on any atom is -0.440 e. The van der Waals surface area contributed by atoms with Crippen LogP contribution in [0.5, 0.6) is 0 Å². The minimum absolute atomic E-state index is 0.0542. The molecule has 4 nitrogen and oxygen atoms in total. The number of nitrogens with two attached hydrogens (primary N) is 1. The van der Waals surface area contributed by atoms with E-state index in [0.29, 0.717) is 24.4 Å². The van der Waals surface area contributed by atoms with E-state index in [2.05, 4.69) is 24.8 Å². The van der Waals surface area contributed by atoms with Crippen LogP contribution in [-0.4, -0.2) is 24.0 Å². The number of nitriles is 1. The van der Waals surface area contributed by atoms with Crippen molar-refractivity contribution >= 4 is 6.08 Å². The topological polar surface area (TPSA) is 62.3 Å². The zero-order valence-electron chi connectivity index (χ0n) is 17.4. The summed E-state index contributed by atoms with van der Waals surface area (Å²) < 4.78 is 32.9. The van der Waals surface area contributed by atoms with Gasteiger partial charge in [-0.05, 0) is 60.9 Å². The van der Waals surface area contributed by atoms with Crippen molar-refractivity contribution in [3.63, 3.8) is 0 Å².